The Morgan fingerprint density at radius 2 is 2.24 bits per heavy atom. The minimum atomic E-state index is 0.344. The second-order valence-corrected chi connectivity index (χ2v) is 6.70. The van der Waals surface area contributed by atoms with Crippen molar-refractivity contribution in [2.24, 2.45) is 11.8 Å². The molecule has 1 saturated heterocycles. The van der Waals surface area contributed by atoms with Gasteiger partial charge >= 0.3 is 0 Å². The van der Waals surface area contributed by atoms with Crippen molar-refractivity contribution in [1.82, 2.24) is 4.90 Å². The number of carbonyl (C=O) groups is 1. The van der Waals surface area contributed by atoms with Crippen LogP contribution in [-0.4, -0.2) is 41.8 Å². The summed E-state index contributed by atoms with van der Waals surface area (Å²) in [4.78, 5) is 14.5. The molecule has 0 bridgehead atoms. The fraction of sp³-hybridized carbons (Fsp3) is 0.929. The predicted octanol–water partition coefficient (Wildman–Crippen LogP) is 2.82. The fourth-order valence-electron chi connectivity index (χ4n) is 3.04. The lowest BCUT2D eigenvalue weighted by Crippen LogP contribution is -2.37. The molecule has 1 saturated carbocycles. The van der Waals surface area contributed by atoms with Gasteiger partial charge in [0, 0.05) is 31.2 Å². The Kier molecular flexibility index (Phi) is 5.36. The third-order valence-electron chi connectivity index (χ3n) is 4.24. The highest BCUT2D eigenvalue weighted by Gasteiger charge is 2.29. The van der Waals surface area contributed by atoms with E-state index in [1.165, 1.54) is 37.4 Å². The summed E-state index contributed by atoms with van der Waals surface area (Å²) >= 11 is 2.06. The van der Waals surface area contributed by atoms with Crippen molar-refractivity contribution in [3.8, 4) is 0 Å². The van der Waals surface area contributed by atoms with Gasteiger partial charge in [0.25, 0.3) is 0 Å². The zero-order chi connectivity index (χ0) is 12.1. The first kappa shape index (κ1) is 13.4. The van der Waals surface area contributed by atoms with Crippen molar-refractivity contribution < 1.29 is 4.79 Å². The van der Waals surface area contributed by atoms with Gasteiger partial charge in [-0.3, -0.25) is 4.79 Å². The van der Waals surface area contributed by atoms with Crippen molar-refractivity contribution in [3.63, 3.8) is 0 Å². The normalized spacial score (nSPS) is 32.4. The number of hydrogen-bond donors (Lipinski definition) is 0. The zero-order valence-electron chi connectivity index (χ0n) is 11.0. The van der Waals surface area contributed by atoms with E-state index in [9.17, 15) is 4.79 Å². The number of carbonyl (C=O) groups excluding carboxylic acids is 1. The molecule has 1 heterocycles. The zero-order valence-corrected chi connectivity index (χ0v) is 11.8. The third-order valence-corrected chi connectivity index (χ3v) is 5.29. The average Bonchev–Trinajstić information content (AvgIpc) is 2.60. The molecule has 98 valence electrons. The second kappa shape index (κ2) is 6.79. The van der Waals surface area contributed by atoms with E-state index in [2.05, 4.69) is 23.6 Å². The molecular weight excluding hydrogens is 230 g/mol. The van der Waals surface area contributed by atoms with Crippen LogP contribution in [0.1, 0.15) is 39.0 Å². The van der Waals surface area contributed by atoms with Gasteiger partial charge in [-0.25, -0.2) is 0 Å². The standard InChI is InChI=1S/C14H25NOS/c1-2-12-4-5-14(16)13(10-12)11-15-6-3-8-17-9-7-15/h12-13H,2-11H2,1H3. The molecule has 2 aliphatic rings. The molecule has 0 N–H and O–H groups in total. The number of hydrogen-bond acceptors (Lipinski definition) is 3. The van der Waals surface area contributed by atoms with Crippen LogP contribution >= 0.6 is 11.8 Å². The number of Topliss-reactive ketones (excluding diaryl/α,β-unsaturated/α-hetero) is 1. The quantitative estimate of drug-likeness (QED) is 0.773. The van der Waals surface area contributed by atoms with E-state index in [-0.39, 0.29) is 0 Å². The van der Waals surface area contributed by atoms with Crippen molar-refractivity contribution >= 4 is 17.5 Å². The molecule has 0 aromatic heterocycles. The van der Waals surface area contributed by atoms with Crippen molar-refractivity contribution in [2.45, 2.75) is 39.0 Å². The summed E-state index contributed by atoms with van der Waals surface area (Å²) in [7, 11) is 0. The Balaban J connectivity index is 1.84. The van der Waals surface area contributed by atoms with Gasteiger partial charge in [-0.2, -0.15) is 11.8 Å². The van der Waals surface area contributed by atoms with Crippen LogP contribution in [0.3, 0.4) is 0 Å². The topological polar surface area (TPSA) is 20.3 Å². The van der Waals surface area contributed by atoms with E-state index in [4.69, 9.17) is 0 Å². The molecule has 0 aromatic rings. The lowest BCUT2D eigenvalue weighted by molar-refractivity contribution is -0.126. The smallest absolute Gasteiger partial charge is 0.137 e. The van der Waals surface area contributed by atoms with Crippen molar-refractivity contribution in [1.29, 1.82) is 0 Å². The van der Waals surface area contributed by atoms with Crippen LogP contribution in [0, 0.1) is 11.8 Å². The van der Waals surface area contributed by atoms with E-state index >= 15 is 0 Å². The first-order valence-corrected chi connectivity index (χ1v) is 8.28. The Labute approximate surface area is 110 Å². The molecule has 2 unspecified atom stereocenters. The summed E-state index contributed by atoms with van der Waals surface area (Å²) < 4.78 is 0. The highest BCUT2D eigenvalue weighted by molar-refractivity contribution is 7.99. The van der Waals surface area contributed by atoms with E-state index in [1.54, 1.807) is 0 Å². The molecule has 0 radical (unpaired) electrons. The number of thioether (sulfide) groups is 1. The summed E-state index contributed by atoms with van der Waals surface area (Å²) in [5.41, 5.74) is 0. The second-order valence-electron chi connectivity index (χ2n) is 5.48. The summed E-state index contributed by atoms with van der Waals surface area (Å²) in [5.74, 6) is 4.23. The molecule has 0 amide bonds. The lowest BCUT2D eigenvalue weighted by atomic mass is 9.79. The predicted molar refractivity (Wildman–Crippen MR) is 74.5 cm³/mol. The van der Waals surface area contributed by atoms with Gasteiger partial charge < -0.3 is 4.90 Å². The molecule has 2 nitrogen and oxygen atoms in total. The Hall–Kier alpha value is -0.0200. The highest BCUT2D eigenvalue weighted by Crippen LogP contribution is 2.29. The van der Waals surface area contributed by atoms with Gasteiger partial charge in [0.1, 0.15) is 5.78 Å². The minimum Gasteiger partial charge on any atom is -0.302 e. The van der Waals surface area contributed by atoms with Gasteiger partial charge in [-0.05, 0) is 37.5 Å². The minimum absolute atomic E-state index is 0.344. The summed E-state index contributed by atoms with van der Waals surface area (Å²) in [6.45, 7) is 5.69. The van der Waals surface area contributed by atoms with Gasteiger partial charge in [0.15, 0.2) is 0 Å². The molecular formula is C14H25NOS. The molecule has 2 rings (SSSR count). The first-order valence-electron chi connectivity index (χ1n) is 7.12. The van der Waals surface area contributed by atoms with E-state index in [1.807, 2.05) is 0 Å². The van der Waals surface area contributed by atoms with Crippen molar-refractivity contribution in [2.75, 3.05) is 31.1 Å². The molecule has 0 aromatic carbocycles. The van der Waals surface area contributed by atoms with Crippen LogP contribution in [0.5, 0.6) is 0 Å². The maximum absolute atomic E-state index is 12.0. The van der Waals surface area contributed by atoms with Crippen LogP contribution in [-0.2, 0) is 4.79 Å². The lowest BCUT2D eigenvalue weighted by Gasteiger charge is -2.31. The summed E-state index contributed by atoms with van der Waals surface area (Å²) in [6, 6.07) is 0. The molecule has 2 fully saturated rings. The molecule has 0 spiro atoms. The number of rotatable bonds is 3. The Morgan fingerprint density at radius 3 is 3.06 bits per heavy atom. The van der Waals surface area contributed by atoms with Gasteiger partial charge in [0.05, 0.1) is 0 Å². The molecule has 2 atom stereocenters. The van der Waals surface area contributed by atoms with Crippen LogP contribution in [0.15, 0.2) is 0 Å². The largest absolute Gasteiger partial charge is 0.302 e. The summed E-state index contributed by atoms with van der Waals surface area (Å²) in [5, 5.41) is 0. The van der Waals surface area contributed by atoms with Crippen LogP contribution < -0.4 is 0 Å². The van der Waals surface area contributed by atoms with Gasteiger partial charge in [-0.15, -0.1) is 0 Å². The van der Waals surface area contributed by atoms with Gasteiger partial charge in [0.2, 0.25) is 0 Å². The SMILES string of the molecule is CCC1CCC(=O)C(CN2CCCSCC2)C1. The molecule has 17 heavy (non-hydrogen) atoms. The van der Waals surface area contributed by atoms with Crippen molar-refractivity contribution in [3.05, 3.63) is 0 Å². The van der Waals surface area contributed by atoms with Gasteiger partial charge in [-0.1, -0.05) is 13.3 Å². The Morgan fingerprint density at radius 1 is 1.35 bits per heavy atom. The van der Waals surface area contributed by atoms with E-state index < -0.39 is 0 Å². The Bertz CT molecular complexity index is 249. The van der Waals surface area contributed by atoms with E-state index in [0.29, 0.717) is 11.7 Å². The summed E-state index contributed by atoms with van der Waals surface area (Å²) in [6.07, 6.45) is 5.68. The van der Waals surface area contributed by atoms with Crippen LogP contribution in [0.4, 0.5) is 0 Å². The average molecular weight is 255 g/mol. The molecule has 1 aliphatic carbocycles. The maximum atomic E-state index is 12.0. The number of nitrogens with zero attached hydrogens (tertiary/aromatic N) is 1. The maximum Gasteiger partial charge on any atom is 0.137 e. The first-order chi connectivity index (χ1) is 8.29. The third kappa shape index (κ3) is 3.99. The highest BCUT2D eigenvalue weighted by atomic mass is 32.2. The monoisotopic (exact) mass is 255 g/mol. The fourth-order valence-corrected chi connectivity index (χ4v) is 3.97. The van der Waals surface area contributed by atoms with Crippen LogP contribution in [0.25, 0.3) is 0 Å². The number of ketones is 1. The molecule has 1 aliphatic heterocycles. The van der Waals surface area contributed by atoms with E-state index in [0.717, 1.165) is 31.7 Å². The molecule has 3 heteroatoms. The van der Waals surface area contributed by atoms with Crippen LogP contribution in [0.2, 0.25) is 0 Å².